The summed E-state index contributed by atoms with van der Waals surface area (Å²) in [6.45, 7) is 1.15. The smallest absolute Gasteiger partial charge is 0.417 e. The molecule has 2 aromatic heterocycles. The van der Waals surface area contributed by atoms with Gasteiger partial charge in [0.15, 0.2) is 11.1 Å². The number of rotatable bonds is 7. The van der Waals surface area contributed by atoms with Crippen LogP contribution < -0.4 is 20.3 Å². The molecule has 0 aliphatic rings. The van der Waals surface area contributed by atoms with Gasteiger partial charge in [0.2, 0.25) is 5.88 Å². The zero-order valence-corrected chi connectivity index (χ0v) is 18.7. The number of aliphatic imine (C=N–C) groups is 1. The van der Waals surface area contributed by atoms with Crippen molar-refractivity contribution in [1.82, 2.24) is 20.6 Å². The number of aromatic nitrogens is 2. The first-order chi connectivity index (χ1) is 12.8. The molecule has 0 radical (unpaired) electrons. The second-order valence-corrected chi connectivity index (χ2v) is 6.44. The molecule has 2 N–H and O–H groups in total. The minimum atomic E-state index is -4.41. The highest BCUT2D eigenvalue weighted by molar-refractivity contribution is 14.0. The van der Waals surface area contributed by atoms with Gasteiger partial charge in [-0.3, -0.25) is 4.99 Å². The van der Waals surface area contributed by atoms with Gasteiger partial charge in [0.05, 0.1) is 24.3 Å². The van der Waals surface area contributed by atoms with Crippen LogP contribution in [0.3, 0.4) is 0 Å². The van der Waals surface area contributed by atoms with Crippen molar-refractivity contribution in [2.24, 2.45) is 4.99 Å². The number of anilines is 1. The molecule has 12 heteroatoms. The summed E-state index contributed by atoms with van der Waals surface area (Å²) in [5, 5.41) is 9.07. The lowest BCUT2D eigenvalue weighted by molar-refractivity contribution is -0.137. The molecule has 2 aromatic rings. The number of pyridine rings is 1. The summed E-state index contributed by atoms with van der Waals surface area (Å²) < 4.78 is 42.7. The van der Waals surface area contributed by atoms with E-state index in [1.807, 2.05) is 24.4 Å². The molecule has 0 amide bonds. The molecule has 2 rings (SSSR count). The first-order valence-electron chi connectivity index (χ1n) is 8.02. The molecule has 0 saturated heterocycles. The third-order valence-corrected chi connectivity index (χ3v) is 4.35. The van der Waals surface area contributed by atoms with E-state index in [1.54, 1.807) is 18.4 Å². The zero-order valence-electron chi connectivity index (χ0n) is 15.6. The highest BCUT2D eigenvalue weighted by Gasteiger charge is 2.30. The lowest BCUT2D eigenvalue weighted by atomic mass is 10.3. The lowest BCUT2D eigenvalue weighted by Gasteiger charge is -2.12. The van der Waals surface area contributed by atoms with Gasteiger partial charge < -0.3 is 20.3 Å². The van der Waals surface area contributed by atoms with Crippen molar-refractivity contribution in [3.8, 4) is 5.88 Å². The maximum atomic E-state index is 12.5. The highest BCUT2D eigenvalue weighted by Crippen LogP contribution is 2.29. The van der Waals surface area contributed by atoms with Crippen LogP contribution in [-0.2, 0) is 12.7 Å². The Morgan fingerprint density at radius 3 is 2.57 bits per heavy atom. The van der Waals surface area contributed by atoms with Crippen LogP contribution in [0.25, 0.3) is 0 Å². The Morgan fingerprint density at radius 2 is 2.04 bits per heavy atom. The Hall–Kier alpha value is -1.83. The van der Waals surface area contributed by atoms with E-state index in [2.05, 4.69) is 25.6 Å². The van der Waals surface area contributed by atoms with Crippen LogP contribution in [0.15, 0.2) is 28.7 Å². The van der Waals surface area contributed by atoms with E-state index in [4.69, 9.17) is 4.74 Å². The number of guanidine groups is 1. The fraction of sp³-hybridized carbons (Fsp3) is 0.438. The van der Waals surface area contributed by atoms with Crippen LogP contribution in [0.1, 0.15) is 11.3 Å². The van der Waals surface area contributed by atoms with Crippen LogP contribution in [0.2, 0.25) is 0 Å². The van der Waals surface area contributed by atoms with Crippen LogP contribution in [-0.4, -0.2) is 50.2 Å². The molecule has 0 fully saturated rings. The number of halogens is 4. The fourth-order valence-electron chi connectivity index (χ4n) is 1.94. The number of ether oxygens (including phenoxy) is 1. The minimum absolute atomic E-state index is 0. The van der Waals surface area contributed by atoms with Gasteiger partial charge in [-0.05, 0) is 6.07 Å². The SMILES string of the molecule is CN=C(NCCOc1ccc(C(F)(F)F)cn1)NCc1csc(N(C)C)n1.I. The van der Waals surface area contributed by atoms with E-state index in [1.165, 1.54) is 6.07 Å². The topological polar surface area (TPSA) is 74.7 Å². The van der Waals surface area contributed by atoms with Crippen molar-refractivity contribution in [1.29, 1.82) is 0 Å². The molecule has 0 spiro atoms. The predicted molar refractivity (Wildman–Crippen MR) is 115 cm³/mol. The van der Waals surface area contributed by atoms with E-state index in [9.17, 15) is 13.2 Å². The number of hydrogen-bond donors (Lipinski definition) is 2. The Bertz CT molecular complexity index is 752. The van der Waals surface area contributed by atoms with Crippen LogP contribution in [0, 0.1) is 0 Å². The number of nitrogens with zero attached hydrogens (tertiary/aromatic N) is 4. The van der Waals surface area contributed by atoms with Gasteiger partial charge in [-0.2, -0.15) is 13.2 Å². The standard InChI is InChI=1S/C16H21F3N6OS.HI/c1-20-14(23-9-12-10-27-15(24-12)25(2)3)21-6-7-26-13-5-4-11(8-22-13)16(17,18)19;/h4-5,8,10H,6-7,9H2,1-3H3,(H2,20,21,23);1H. The molecule has 7 nitrogen and oxygen atoms in total. The molecule has 2 heterocycles. The van der Waals surface area contributed by atoms with Gasteiger partial charge in [-0.1, -0.05) is 0 Å². The summed E-state index contributed by atoms with van der Waals surface area (Å²) in [4.78, 5) is 14.1. The number of nitrogens with one attached hydrogen (secondary N) is 2. The summed E-state index contributed by atoms with van der Waals surface area (Å²) in [6, 6.07) is 2.13. The third kappa shape index (κ3) is 7.66. The summed E-state index contributed by atoms with van der Waals surface area (Å²) in [7, 11) is 5.50. The Balaban J connectivity index is 0.00000392. The summed E-state index contributed by atoms with van der Waals surface area (Å²) in [6.07, 6.45) is -3.66. The van der Waals surface area contributed by atoms with Gasteiger partial charge in [0.25, 0.3) is 0 Å². The second-order valence-electron chi connectivity index (χ2n) is 5.60. The molecule has 156 valence electrons. The van der Waals surface area contributed by atoms with Crippen molar-refractivity contribution < 1.29 is 17.9 Å². The molecule has 0 aliphatic carbocycles. The van der Waals surface area contributed by atoms with Crippen molar-refractivity contribution in [3.05, 3.63) is 35.0 Å². The van der Waals surface area contributed by atoms with E-state index < -0.39 is 11.7 Å². The molecule has 0 saturated carbocycles. The fourth-order valence-corrected chi connectivity index (χ4v) is 2.69. The molecule has 0 unspecified atom stereocenters. The largest absolute Gasteiger partial charge is 0.476 e. The quantitative estimate of drug-likeness (QED) is 0.248. The van der Waals surface area contributed by atoms with Crippen molar-refractivity contribution in [2.45, 2.75) is 12.7 Å². The molecule has 0 atom stereocenters. The average molecular weight is 530 g/mol. The second kappa shape index (κ2) is 11.2. The molecule has 0 aliphatic heterocycles. The van der Waals surface area contributed by atoms with Crippen LogP contribution >= 0.6 is 35.3 Å². The maximum Gasteiger partial charge on any atom is 0.417 e. The first kappa shape index (κ1) is 24.2. The van der Waals surface area contributed by atoms with E-state index in [0.29, 0.717) is 19.0 Å². The first-order valence-corrected chi connectivity index (χ1v) is 8.90. The maximum absolute atomic E-state index is 12.5. The summed E-state index contributed by atoms with van der Waals surface area (Å²) in [5.74, 6) is 0.699. The Labute approximate surface area is 182 Å². The minimum Gasteiger partial charge on any atom is -0.476 e. The number of hydrogen-bond acceptors (Lipinski definition) is 6. The van der Waals surface area contributed by atoms with Crippen molar-refractivity contribution in [3.63, 3.8) is 0 Å². The third-order valence-electron chi connectivity index (χ3n) is 3.29. The van der Waals surface area contributed by atoms with Crippen LogP contribution in [0.5, 0.6) is 5.88 Å². The Morgan fingerprint density at radius 1 is 1.29 bits per heavy atom. The molecule has 0 aromatic carbocycles. The van der Waals surface area contributed by atoms with Gasteiger partial charge in [0, 0.05) is 38.8 Å². The Kier molecular flexibility index (Phi) is 9.72. The van der Waals surface area contributed by atoms with Crippen molar-refractivity contribution >= 4 is 46.4 Å². The molecular formula is C16H22F3IN6OS. The van der Waals surface area contributed by atoms with E-state index >= 15 is 0 Å². The van der Waals surface area contributed by atoms with Crippen molar-refractivity contribution in [2.75, 3.05) is 39.2 Å². The van der Waals surface area contributed by atoms with E-state index in [-0.39, 0.29) is 36.5 Å². The van der Waals surface area contributed by atoms with Crippen LogP contribution in [0.4, 0.5) is 18.3 Å². The number of thiazole rings is 1. The van der Waals surface area contributed by atoms with Gasteiger partial charge in [-0.15, -0.1) is 35.3 Å². The van der Waals surface area contributed by atoms with Gasteiger partial charge >= 0.3 is 6.18 Å². The van der Waals surface area contributed by atoms with Gasteiger partial charge in [-0.25, -0.2) is 9.97 Å². The monoisotopic (exact) mass is 530 g/mol. The zero-order chi connectivity index (χ0) is 19.9. The lowest BCUT2D eigenvalue weighted by Crippen LogP contribution is -2.39. The normalized spacial score (nSPS) is 11.6. The molecular weight excluding hydrogens is 508 g/mol. The summed E-state index contributed by atoms with van der Waals surface area (Å²) >= 11 is 1.56. The molecule has 28 heavy (non-hydrogen) atoms. The summed E-state index contributed by atoms with van der Waals surface area (Å²) in [5.41, 5.74) is 0.0916. The highest BCUT2D eigenvalue weighted by atomic mass is 127. The van der Waals surface area contributed by atoms with E-state index in [0.717, 1.165) is 23.1 Å². The number of alkyl halides is 3. The predicted octanol–water partition coefficient (Wildman–Crippen LogP) is 2.98. The molecule has 0 bridgehead atoms. The van der Waals surface area contributed by atoms with Gasteiger partial charge in [0.1, 0.15) is 6.61 Å². The average Bonchev–Trinajstić information content (AvgIpc) is 3.10.